The fraction of sp³-hybridized carbons (Fsp3) is 0.318. The summed E-state index contributed by atoms with van der Waals surface area (Å²) >= 11 is 1.17. The van der Waals surface area contributed by atoms with Crippen molar-refractivity contribution in [3.8, 4) is 11.5 Å². The van der Waals surface area contributed by atoms with E-state index in [0.29, 0.717) is 40.9 Å². The second kappa shape index (κ2) is 20.1. The molecule has 6 aromatic rings. The van der Waals surface area contributed by atoms with Gasteiger partial charge in [0, 0.05) is 68.3 Å². The summed E-state index contributed by atoms with van der Waals surface area (Å²) in [4.78, 5) is 89.7. The number of fused-ring (bicyclic) bond motifs is 2. The van der Waals surface area contributed by atoms with Crippen LogP contribution in [0.2, 0.25) is 0 Å². The Labute approximate surface area is 387 Å². The van der Waals surface area contributed by atoms with Crippen molar-refractivity contribution in [2.24, 2.45) is 11.5 Å². The highest BCUT2D eigenvalue weighted by Gasteiger charge is 2.26. The summed E-state index contributed by atoms with van der Waals surface area (Å²) in [6.45, 7) is 6.54. The van der Waals surface area contributed by atoms with Crippen LogP contribution in [-0.2, 0) is 29.2 Å². The molecule has 6 amide bonds. The number of methoxy groups -OCH3 is 1. The lowest BCUT2D eigenvalue weighted by atomic mass is 10.1. The summed E-state index contributed by atoms with van der Waals surface area (Å²) in [5.74, 6) is -2.28. The van der Waals surface area contributed by atoms with Crippen molar-refractivity contribution in [2.75, 3.05) is 44.5 Å². The lowest BCUT2D eigenvalue weighted by Gasteiger charge is -2.22. The first-order chi connectivity index (χ1) is 32.1. The van der Waals surface area contributed by atoms with Crippen molar-refractivity contribution in [3.63, 3.8) is 0 Å². The zero-order chi connectivity index (χ0) is 48.1. The van der Waals surface area contributed by atoms with E-state index in [1.807, 2.05) is 13.8 Å². The fourth-order valence-corrected chi connectivity index (χ4v) is 7.99. The number of nitrogens with one attached hydrogen (secondary N) is 2. The molecule has 350 valence electrons. The average Bonchev–Trinajstić information content (AvgIpc) is 4.13. The van der Waals surface area contributed by atoms with E-state index < -0.39 is 29.9 Å². The van der Waals surface area contributed by atoms with Crippen molar-refractivity contribution in [3.05, 3.63) is 93.8 Å². The number of aliphatic hydroxyl groups is 1. The second-order valence-electron chi connectivity index (χ2n) is 15.5. The molecule has 0 fully saturated rings. The molecule has 1 aliphatic heterocycles. The molecule has 7 rings (SSSR count). The van der Waals surface area contributed by atoms with Crippen LogP contribution in [0.5, 0.6) is 11.5 Å². The van der Waals surface area contributed by atoms with E-state index in [0.717, 1.165) is 4.88 Å². The van der Waals surface area contributed by atoms with Crippen molar-refractivity contribution in [1.29, 1.82) is 0 Å². The molecule has 2 aromatic carbocycles. The third-order valence-corrected chi connectivity index (χ3v) is 11.5. The van der Waals surface area contributed by atoms with Gasteiger partial charge in [0.2, 0.25) is 35.5 Å². The Hall–Kier alpha value is -7.92. The van der Waals surface area contributed by atoms with E-state index >= 15 is 0 Å². The smallest absolute Gasteiger partial charge is 0.277 e. The molecule has 1 unspecified atom stereocenters. The van der Waals surface area contributed by atoms with Crippen LogP contribution >= 0.6 is 11.5 Å². The molecule has 22 nitrogen and oxygen atoms in total. The van der Waals surface area contributed by atoms with E-state index in [2.05, 4.69) is 25.1 Å². The SMILES string of the molecule is CCn1nc(C)cc1C(=O)Nc1nc2cc(C(N)=O)cc(OC)c2n1C/C=C/Cn1c(NC(=O)c2cc(C)sn2)nc2cc(C(N)=O)cc(OCCCN(C)C(=O)CCN3C(=O)C=CC3O)c21. The number of imidazole rings is 2. The number of amides is 6. The minimum absolute atomic E-state index is 0.00664. The summed E-state index contributed by atoms with van der Waals surface area (Å²) in [5.41, 5.74) is 14.3. The van der Waals surface area contributed by atoms with Crippen molar-refractivity contribution in [2.45, 2.75) is 59.5 Å². The Morgan fingerprint density at radius 1 is 0.896 bits per heavy atom. The number of carbonyl (C=O) groups is 6. The van der Waals surface area contributed by atoms with Crippen LogP contribution in [0.4, 0.5) is 11.9 Å². The van der Waals surface area contributed by atoms with Gasteiger partial charge in [-0.3, -0.25) is 44.1 Å². The van der Waals surface area contributed by atoms with Gasteiger partial charge in [-0.05, 0) is 81.2 Å². The normalized spacial score (nSPS) is 13.6. The first-order valence-corrected chi connectivity index (χ1v) is 21.8. The van der Waals surface area contributed by atoms with Crippen LogP contribution in [0.25, 0.3) is 22.1 Å². The minimum Gasteiger partial charge on any atom is -0.494 e. The largest absolute Gasteiger partial charge is 0.494 e. The van der Waals surface area contributed by atoms with Gasteiger partial charge in [0.15, 0.2) is 0 Å². The maximum absolute atomic E-state index is 13.7. The predicted octanol–water partition coefficient (Wildman–Crippen LogP) is 2.98. The maximum Gasteiger partial charge on any atom is 0.277 e. The Balaban J connectivity index is 1.18. The summed E-state index contributed by atoms with van der Waals surface area (Å²) < 4.78 is 21.2. The summed E-state index contributed by atoms with van der Waals surface area (Å²) in [6, 6.07) is 9.27. The van der Waals surface area contributed by atoms with Gasteiger partial charge in [0.1, 0.15) is 40.1 Å². The van der Waals surface area contributed by atoms with Gasteiger partial charge >= 0.3 is 0 Å². The van der Waals surface area contributed by atoms with Crippen LogP contribution in [0.1, 0.15) is 72.0 Å². The van der Waals surface area contributed by atoms with Crippen LogP contribution in [0, 0.1) is 13.8 Å². The molecule has 0 saturated heterocycles. The molecular weight excluding hydrogens is 887 g/mol. The first kappa shape index (κ1) is 47.1. The third-order valence-electron chi connectivity index (χ3n) is 10.8. The van der Waals surface area contributed by atoms with Gasteiger partial charge < -0.3 is 45.0 Å². The number of rotatable bonds is 20. The molecule has 0 spiro atoms. The number of primary amides is 2. The topological polar surface area (TPSA) is 290 Å². The molecule has 4 aromatic heterocycles. The van der Waals surface area contributed by atoms with Crippen LogP contribution in [0.15, 0.2) is 60.7 Å². The molecule has 0 bridgehead atoms. The molecule has 0 radical (unpaired) electrons. The lowest BCUT2D eigenvalue weighted by Crippen LogP contribution is -2.38. The number of aromatic nitrogens is 7. The number of nitrogens with zero attached hydrogens (tertiary/aromatic N) is 9. The number of nitrogens with two attached hydrogens (primary N) is 2. The molecule has 5 heterocycles. The lowest BCUT2D eigenvalue weighted by molar-refractivity contribution is -0.134. The molecule has 67 heavy (non-hydrogen) atoms. The van der Waals surface area contributed by atoms with Gasteiger partial charge in [-0.15, -0.1) is 0 Å². The average molecular weight is 936 g/mol. The van der Waals surface area contributed by atoms with E-state index in [1.54, 1.807) is 52.1 Å². The van der Waals surface area contributed by atoms with Gasteiger partial charge in [-0.1, -0.05) is 12.2 Å². The number of hydrogen-bond acceptors (Lipinski definition) is 14. The molecule has 0 aliphatic carbocycles. The van der Waals surface area contributed by atoms with E-state index in [1.165, 1.54) is 64.9 Å². The standard InChI is InChI=1S/C44H49N13O9S/c1-6-57-31(18-24(2)51-57)42(64)50-44-47-28-20-26(39(45)61)22-32(65-5)37(28)55(44)14-7-8-15-56-38-29(48-43(56)49-41(63)30-19-25(3)67-52-30)21-27(40(46)62)23-33(38)66-17-9-13-53(4)34(58)12-16-54-35(59)10-11-36(54)60/h7-8,10-11,18-23,35,59H,6,9,12-17H2,1-5H3,(H2,45,61)(H2,46,62)(H,47,50,64)(H,48,49,63)/b8-7+. The maximum atomic E-state index is 13.7. The molecular formula is C44H49N13O9S. The number of aryl methyl sites for hydroxylation is 3. The van der Waals surface area contributed by atoms with Gasteiger partial charge in [0.05, 0.1) is 30.4 Å². The van der Waals surface area contributed by atoms with E-state index in [9.17, 15) is 33.9 Å². The Bertz CT molecular complexity index is 2980. The molecule has 1 aliphatic rings. The monoisotopic (exact) mass is 935 g/mol. The highest BCUT2D eigenvalue weighted by molar-refractivity contribution is 7.05. The summed E-state index contributed by atoms with van der Waals surface area (Å²) in [5, 5.41) is 20.1. The van der Waals surface area contributed by atoms with Crippen LogP contribution in [-0.4, -0.2) is 124 Å². The van der Waals surface area contributed by atoms with E-state index in [-0.39, 0.29) is 96.8 Å². The highest BCUT2D eigenvalue weighted by Crippen LogP contribution is 2.33. The van der Waals surface area contributed by atoms with Crippen molar-refractivity contribution in [1.82, 2.24) is 43.1 Å². The van der Waals surface area contributed by atoms with Crippen molar-refractivity contribution < 1.29 is 43.3 Å². The zero-order valence-corrected chi connectivity index (χ0v) is 38.1. The van der Waals surface area contributed by atoms with Crippen LogP contribution < -0.4 is 31.6 Å². The minimum atomic E-state index is -1.07. The number of aliphatic hydroxyl groups excluding tert-OH is 1. The molecule has 1 atom stereocenters. The number of anilines is 2. The molecule has 23 heteroatoms. The number of carbonyl (C=O) groups excluding carboxylic acids is 6. The second-order valence-corrected chi connectivity index (χ2v) is 16.5. The molecule has 7 N–H and O–H groups in total. The summed E-state index contributed by atoms with van der Waals surface area (Å²) in [6.07, 6.45) is 5.50. The summed E-state index contributed by atoms with van der Waals surface area (Å²) in [7, 11) is 3.06. The van der Waals surface area contributed by atoms with Gasteiger partial charge in [-0.2, -0.15) is 9.47 Å². The number of hydrogen-bond donors (Lipinski definition) is 5. The highest BCUT2D eigenvalue weighted by atomic mass is 32.1. The number of benzene rings is 2. The van der Waals surface area contributed by atoms with Crippen LogP contribution in [0.3, 0.4) is 0 Å². The first-order valence-electron chi connectivity index (χ1n) is 21.1. The number of ether oxygens (including phenoxy) is 2. The zero-order valence-electron chi connectivity index (χ0n) is 37.3. The van der Waals surface area contributed by atoms with Gasteiger partial charge in [0.25, 0.3) is 11.8 Å². The van der Waals surface area contributed by atoms with E-state index in [4.69, 9.17) is 25.9 Å². The Kier molecular flexibility index (Phi) is 14.1. The molecule has 0 saturated carbocycles. The number of allylic oxidation sites excluding steroid dienone is 2. The Morgan fingerprint density at radius 3 is 2.06 bits per heavy atom. The fourth-order valence-electron chi connectivity index (χ4n) is 7.45. The third kappa shape index (κ3) is 10.3. The predicted molar refractivity (Wildman–Crippen MR) is 247 cm³/mol. The Morgan fingerprint density at radius 2 is 1.51 bits per heavy atom. The quantitative estimate of drug-likeness (QED) is 0.0544. The van der Waals surface area contributed by atoms with Gasteiger partial charge in [-0.25, -0.2) is 9.97 Å². The van der Waals surface area contributed by atoms with Crippen molar-refractivity contribution >= 4 is 80.9 Å².